The highest BCUT2D eigenvalue weighted by atomic mass is 35.5. The molecule has 2 heteroatoms. The zero-order chi connectivity index (χ0) is 11.1. The Hall–Kier alpha value is -0.270. The zero-order valence-electron chi connectivity index (χ0n) is 9.36. The highest BCUT2D eigenvalue weighted by Crippen LogP contribution is 2.36. The quantitative estimate of drug-likeness (QED) is 0.597. The molecule has 0 atom stereocenters. The summed E-state index contributed by atoms with van der Waals surface area (Å²) in [6, 6.07) is 2.11. The number of rotatable bonds is 0. The molecule has 0 aliphatic rings. The first-order valence-electron chi connectivity index (χ1n) is 4.72. The Kier molecular flexibility index (Phi) is 3.13. The highest BCUT2D eigenvalue weighted by Gasteiger charge is 2.20. The number of hydrogen-bond acceptors (Lipinski definition) is 0. The summed E-state index contributed by atoms with van der Waals surface area (Å²) in [5, 5.41) is 0.827. The van der Waals surface area contributed by atoms with Crippen LogP contribution in [0.5, 0.6) is 0 Å². The summed E-state index contributed by atoms with van der Waals surface area (Å²) in [7, 11) is 0. The lowest BCUT2D eigenvalue weighted by atomic mass is 9.85. The second kappa shape index (κ2) is 3.71. The average molecular weight is 228 g/mol. The van der Waals surface area contributed by atoms with E-state index in [2.05, 4.69) is 26.8 Å². The van der Waals surface area contributed by atoms with E-state index in [4.69, 9.17) is 24.2 Å². The minimum absolute atomic E-state index is 0.0790. The monoisotopic (exact) mass is 227 g/mol. The summed E-state index contributed by atoms with van der Waals surface area (Å²) in [5.41, 5.74) is 3.44. The minimum Gasteiger partial charge on any atom is -0.0837 e. The van der Waals surface area contributed by atoms with Crippen molar-refractivity contribution in [1.82, 2.24) is 0 Å². The van der Waals surface area contributed by atoms with Crippen LogP contribution in [0.25, 0.3) is 0 Å². The van der Waals surface area contributed by atoms with E-state index in [1.54, 1.807) is 0 Å². The van der Waals surface area contributed by atoms with Crippen LogP contribution >= 0.6 is 24.2 Å². The molecule has 0 bridgehead atoms. The van der Waals surface area contributed by atoms with E-state index < -0.39 is 0 Å². The molecule has 1 aromatic carbocycles. The van der Waals surface area contributed by atoms with Gasteiger partial charge in [-0.15, -0.1) is 0 Å². The van der Waals surface area contributed by atoms with Crippen molar-refractivity contribution in [3.05, 3.63) is 27.8 Å². The van der Waals surface area contributed by atoms with E-state index in [1.165, 1.54) is 5.56 Å². The molecule has 0 saturated carbocycles. The van der Waals surface area contributed by atoms with Gasteiger partial charge in [0.15, 0.2) is 0 Å². The topological polar surface area (TPSA) is 0 Å². The fourth-order valence-electron chi connectivity index (χ4n) is 1.49. The van der Waals surface area contributed by atoms with Crippen LogP contribution in [0, 0.1) is 13.8 Å². The van der Waals surface area contributed by atoms with Crippen LogP contribution in [0.3, 0.4) is 0 Å². The molecule has 1 radical (unpaired) electrons. The summed E-state index contributed by atoms with van der Waals surface area (Å²) < 4.78 is 0. The molecular weight excluding hydrogens is 212 g/mol. The van der Waals surface area contributed by atoms with Gasteiger partial charge in [0, 0.05) is 9.92 Å². The van der Waals surface area contributed by atoms with Gasteiger partial charge in [-0.2, -0.15) is 0 Å². The van der Waals surface area contributed by atoms with Gasteiger partial charge in [0.1, 0.15) is 0 Å². The second-order valence-electron chi connectivity index (χ2n) is 4.76. The largest absolute Gasteiger partial charge is 0.0837 e. The van der Waals surface area contributed by atoms with E-state index in [0.717, 1.165) is 21.0 Å². The van der Waals surface area contributed by atoms with Crippen molar-refractivity contribution in [3.8, 4) is 0 Å². The number of hydrogen-bond donors (Lipinski definition) is 0. The van der Waals surface area contributed by atoms with Crippen molar-refractivity contribution in [1.29, 1.82) is 0 Å². The normalized spacial score (nSPS) is 11.9. The molecule has 0 aliphatic heterocycles. The number of halogens is 1. The number of aryl methyl sites for hydroxylation is 1. The zero-order valence-corrected chi connectivity index (χ0v) is 10.9. The van der Waals surface area contributed by atoms with Gasteiger partial charge >= 0.3 is 0 Å². The van der Waals surface area contributed by atoms with Gasteiger partial charge in [0.05, 0.1) is 0 Å². The van der Waals surface area contributed by atoms with Gasteiger partial charge in [-0.05, 0) is 36.0 Å². The Morgan fingerprint density at radius 1 is 1.21 bits per heavy atom. The van der Waals surface area contributed by atoms with E-state index in [-0.39, 0.29) is 5.41 Å². The number of benzene rings is 1. The van der Waals surface area contributed by atoms with Gasteiger partial charge in [-0.25, -0.2) is 0 Å². The smallest absolute Gasteiger partial charge is 0.0487 e. The predicted molar refractivity (Wildman–Crippen MR) is 65.5 cm³/mol. The molecule has 14 heavy (non-hydrogen) atoms. The lowest BCUT2D eigenvalue weighted by molar-refractivity contribution is 0.588. The molecule has 0 spiro atoms. The van der Waals surface area contributed by atoms with E-state index in [0.29, 0.717) is 0 Å². The first-order valence-corrected chi connectivity index (χ1v) is 5.51. The Bertz CT molecular complexity index is 362. The Morgan fingerprint density at radius 2 is 1.71 bits per heavy atom. The first-order chi connectivity index (χ1) is 6.25. The third-order valence-corrected chi connectivity index (χ3v) is 3.55. The van der Waals surface area contributed by atoms with E-state index >= 15 is 0 Å². The van der Waals surface area contributed by atoms with Crippen molar-refractivity contribution >= 4 is 24.2 Å². The molecular formula is C12H16ClS. The minimum atomic E-state index is 0.0790. The van der Waals surface area contributed by atoms with Crippen LogP contribution in [-0.2, 0) is 5.41 Å². The molecule has 0 heterocycles. The molecule has 1 rings (SSSR count). The molecule has 0 N–H and O–H groups in total. The summed E-state index contributed by atoms with van der Waals surface area (Å²) in [6.07, 6.45) is 0. The SMILES string of the molecule is Cc1cc(C(C)(C)C)c(Cl)c(C)c1[S]. The third kappa shape index (κ3) is 2.04. The molecule has 77 valence electrons. The fourth-order valence-corrected chi connectivity index (χ4v) is 2.14. The van der Waals surface area contributed by atoms with Crippen LogP contribution in [0.1, 0.15) is 37.5 Å². The highest BCUT2D eigenvalue weighted by molar-refractivity contribution is 7.80. The van der Waals surface area contributed by atoms with E-state index in [9.17, 15) is 0 Å². The van der Waals surface area contributed by atoms with Crippen molar-refractivity contribution in [2.45, 2.75) is 44.9 Å². The summed E-state index contributed by atoms with van der Waals surface area (Å²) in [6.45, 7) is 10.5. The molecule has 0 aliphatic carbocycles. The van der Waals surface area contributed by atoms with Gasteiger partial charge in [0.25, 0.3) is 0 Å². The van der Waals surface area contributed by atoms with Gasteiger partial charge < -0.3 is 0 Å². The molecule has 0 aromatic heterocycles. The summed E-state index contributed by atoms with van der Waals surface area (Å²) >= 11 is 11.6. The standard InChI is InChI=1S/C12H16ClS/c1-7-6-9(12(3,4)5)10(13)8(2)11(7)14/h6H,1-5H3. The predicted octanol–water partition coefficient (Wildman–Crippen LogP) is 4.81. The van der Waals surface area contributed by atoms with Crippen molar-refractivity contribution < 1.29 is 0 Å². The maximum absolute atomic E-state index is 6.29. The molecule has 0 nitrogen and oxygen atoms in total. The van der Waals surface area contributed by atoms with Crippen LogP contribution < -0.4 is 0 Å². The molecule has 0 amide bonds. The molecule has 0 fully saturated rings. The molecule has 0 saturated heterocycles. The maximum atomic E-state index is 6.29. The Labute approximate surface area is 97.1 Å². The summed E-state index contributed by atoms with van der Waals surface area (Å²) in [5.74, 6) is 0. The third-order valence-electron chi connectivity index (χ3n) is 2.43. The maximum Gasteiger partial charge on any atom is 0.0487 e. The van der Waals surface area contributed by atoms with Crippen molar-refractivity contribution in [2.24, 2.45) is 0 Å². The van der Waals surface area contributed by atoms with E-state index in [1.807, 2.05) is 13.8 Å². The fraction of sp³-hybridized carbons (Fsp3) is 0.500. The van der Waals surface area contributed by atoms with Crippen LogP contribution in [0.2, 0.25) is 5.02 Å². The van der Waals surface area contributed by atoms with Crippen LogP contribution in [0.15, 0.2) is 11.0 Å². The van der Waals surface area contributed by atoms with Gasteiger partial charge in [0.2, 0.25) is 0 Å². The van der Waals surface area contributed by atoms with Gasteiger partial charge in [-0.3, -0.25) is 0 Å². The summed E-state index contributed by atoms with van der Waals surface area (Å²) in [4.78, 5) is 0.892. The average Bonchev–Trinajstić information content (AvgIpc) is 2.06. The van der Waals surface area contributed by atoms with Gasteiger partial charge in [-0.1, -0.05) is 51.1 Å². The molecule has 1 aromatic rings. The lowest BCUT2D eigenvalue weighted by Gasteiger charge is -2.23. The van der Waals surface area contributed by atoms with Crippen LogP contribution in [-0.4, -0.2) is 0 Å². The second-order valence-corrected chi connectivity index (χ2v) is 5.55. The lowest BCUT2D eigenvalue weighted by Crippen LogP contribution is -2.13. The Morgan fingerprint density at radius 3 is 2.14 bits per heavy atom. The van der Waals surface area contributed by atoms with Crippen molar-refractivity contribution in [2.75, 3.05) is 0 Å². The molecule has 0 unspecified atom stereocenters. The first kappa shape index (κ1) is 11.8. The van der Waals surface area contributed by atoms with Crippen molar-refractivity contribution in [3.63, 3.8) is 0 Å². The van der Waals surface area contributed by atoms with Crippen LogP contribution in [0.4, 0.5) is 0 Å². The Balaban J connectivity index is 3.49.